The standard InChI is InChI=1S/C19H32O3SSi/c1-15-9-11-16(12-10-15)23(20)14-18-17(8-7-13-21-18)22-24(5,6)19(2,3)4/h9-12,17-18H,7-8,13-14H2,1-6H3/t17-,18+,23?/m1/s1. The minimum Gasteiger partial charge on any atom is -0.411 e. The van der Waals surface area contributed by atoms with E-state index < -0.39 is 19.1 Å². The van der Waals surface area contributed by atoms with Crippen LogP contribution in [0.25, 0.3) is 0 Å². The molecule has 0 aromatic heterocycles. The first-order chi connectivity index (χ1) is 11.1. The first-order valence-corrected chi connectivity index (χ1v) is 13.1. The third-order valence-corrected chi connectivity index (χ3v) is 11.2. The Morgan fingerprint density at radius 2 is 1.88 bits per heavy atom. The topological polar surface area (TPSA) is 35.5 Å². The zero-order chi connectivity index (χ0) is 18.0. The summed E-state index contributed by atoms with van der Waals surface area (Å²) in [6, 6.07) is 7.94. The van der Waals surface area contributed by atoms with Crippen LogP contribution in [0.4, 0.5) is 0 Å². The Morgan fingerprint density at radius 3 is 2.46 bits per heavy atom. The van der Waals surface area contributed by atoms with E-state index in [1.807, 2.05) is 31.2 Å². The van der Waals surface area contributed by atoms with Gasteiger partial charge in [-0.15, -0.1) is 0 Å². The van der Waals surface area contributed by atoms with Crippen molar-refractivity contribution in [2.75, 3.05) is 12.4 Å². The molecule has 1 unspecified atom stereocenters. The van der Waals surface area contributed by atoms with Gasteiger partial charge in [-0.05, 0) is 50.0 Å². The number of rotatable bonds is 5. The van der Waals surface area contributed by atoms with Crippen molar-refractivity contribution in [3.63, 3.8) is 0 Å². The summed E-state index contributed by atoms with van der Waals surface area (Å²) in [7, 11) is -2.90. The third kappa shape index (κ3) is 5.01. The predicted molar refractivity (Wildman–Crippen MR) is 103 cm³/mol. The van der Waals surface area contributed by atoms with Gasteiger partial charge >= 0.3 is 0 Å². The van der Waals surface area contributed by atoms with Crippen LogP contribution in [-0.2, 0) is 20.0 Å². The van der Waals surface area contributed by atoms with E-state index in [4.69, 9.17) is 9.16 Å². The van der Waals surface area contributed by atoms with Crippen molar-refractivity contribution in [1.29, 1.82) is 0 Å². The van der Waals surface area contributed by atoms with E-state index in [1.54, 1.807) is 0 Å². The van der Waals surface area contributed by atoms with E-state index >= 15 is 0 Å². The molecule has 0 amide bonds. The monoisotopic (exact) mass is 368 g/mol. The first-order valence-electron chi connectivity index (χ1n) is 8.84. The van der Waals surface area contributed by atoms with Crippen LogP contribution in [0.1, 0.15) is 39.2 Å². The van der Waals surface area contributed by atoms with Gasteiger partial charge in [-0.2, -0.15) is 0 Å². The largest absolute Gasteiger partial charge is 0.411 e. The second kappa shape index (κ2) is 7.81. The van der Waals surface area contributed by atoms with Gasteiger partial charge in [0, 0.05) is 11.5 Å². The lowest BCUT2D eigenvalue weighted by Gasteiger charge is -2.42. The Bertz CT molecular complexity index is 563. The minimum absolute atomic E-state index is 0.0639. The molecular weight excluding hydrogens is 336 g/mol. The van der Waals surface area contributed by atoms with Gasteiger partial charge in [0.25, 0.3) is 0 Å². The Hall–Kier alpha value is -0.493. The molecule has 5 heteroatoms. The summed E-state index contributed by atoms with van der Waals surface area (Å²) in [6.45, 7) is 14.1. The quantitative estimate of drug-likeness (QED) is 0.708. The fourth-order valence-electron chi connectivity index (χ4n) is 2.59. The van der Waals surface area contributed by atoms with Gasteiger partial charge in [0.2, 0.25) is 0 Å². The van der Waals surface area contributed by atoms with Crippen molar-refractivity contribution in [2.24, 2.45) is 0 Å². The minimum atomic E-state index is -1.85. The van der Waals surface area contributed by atoms with Crippen LogP contribution >= 0.6 is 0 Å². The molecule has 3 nitrogen and oxygen atoms in total. The maximum absolute atomic E-state index is 12.7. The van der Waals surface area contributed by atoms with Crippen molar-refractivity contribution < 1.29 is 13.4 Å². The van der Waals surface area contributed by atoms with Crippen molar-refractivity contribution >= 4 is 19.1 Å². The average molecular weight is 369 g/mol. The maximum Gasteiger partial charge on any atom is 0.192 e. The van der Waals surface area contributed by atoms with Crippen LogP contribution in [0.2, 0.25) is 18.1 Å². The molecule has 0 bridgehead atoms. The van der Waals surface area contributed by atoms with Crippen LogP contribution in [0.3, 0.4) is 0 Å². The zero-order valence-corrected chi connectivity index (χ0v) is 17.7. The molecule has 1 heterocycles. The number of ether oxygens (including phenoxy) is 1. The smallest absolute Gasteiger partial charge is 0.192 e. The Kier molecular flexibility index (Phi) is 6.45. The van der Waals surface area contributed by atoms with Gasteiger partial charge in [0.05, 0.1) is 28.8 Å². The highest BCUT2D eigenvalue weighted by Gasteiger charge is 2.41. The van der Waals surface area contributed by atoms with E-state index in [9.17, 15) is 4.21 Å². The zero-order valence-electron chi connectivity index (χ0n) is 15.9. The molecule has 1 aromatic carbocycles. The molecule has 0 N–H and O–H groups in total. The number of benzene rings is 1. The summed E-state index contributed by atoms with van der Waals surface area (Å²) in [6.07, 6.45) is 2.01. The van der Waals surface area contributed by atoms with Gasteiger partial charge in [-0.3, -0.25) is 4.21 Å². The summed E-state index contributed by atoms with van der Waals surface area (Å²) in [5.74, 6) is 0.516. The van der Waals surface area contributed by atoms with Crippen LogP contribution in [0.5, 0.6) is 0 Å². The molecule has 2 rings (SSSR count). The van der Waals surface area contributed by atoms with Gasteiger partial charge in [-0.25, -0.2) is 0 Å². The summed E-state index contributed by atoms with van der Waals surface area (Å²) < 4.78 is 25.3. The highest BCUT2D eigenvalue weighted by Crippen LogP contribution is 2.39. The van der Waals surface area contributed by atoms with Gasteiger partial charge in [0.15, 0.2) is 8.32 Å². The predicted octanol–water partition coefficient (Wildman–Crippen LogP) is 4.67. The summed E-state index contributed by atoms with van der Waals surface area (Å²) in [4.78, 5) is 0.876. The molecule has 24 heavy (non-hydrogen) atoms. The highest BCUT2D eigenvalue weighted by atomic mass is 32.2. The molecular formula is C19H32O3SSi. The van der Waals surface area contributed by atoms with Crippen LogP contribution in [-0.4, -0.2) is 37.1 Å². The molecule has 1 aliphatic heterocycles. The van der Waals surface area contributed by atoms with Crippen LogP contribution in [0.15, 0.2) is 29.2 Å². The van der Waals surface area contributed by atoms with Gasteiger partial charge in [-0.1, -0.05) is 38.5 Å². The number of hydrogen-bond donors (Lipinski definition) is 0. The Balaban J connectivity index is 2.06. The summed E-state index contributed by atoms with van der Waals surface area (Å²) >= 11 is 0. The molecule has 1 saturated heterocycles. The van der Waals surface area contributed by atoms with Gasteiger partial charge < -0.3 is 9.16 Å². The van der Waals surface area contributed by atoms with E-state index in [1.165, 1.54) is 5.56 Å². The average Bonchev–Trinajstić information content (AvgIpc) is 2.48. The molecule has 0 saturated carbocycles. The van der Waals surface area contributed by atoms with Crippen molar-refractivity contribution in [3.05, 3.63) is 29.8 Å². The molecule has 3 atom stereocenters. The van der Waals surface area contributed by atoms with Gasteiger partial charge in [0.1, 0.15) is 0 Å². The first kappa shape index (κ1) is 19.8. The lowest BCUT2D eigenvalue weighted by molar-refractivity contribution is -0.0550. The van der Waals surface area contributed by atoms with Crippen molar-refractivity contribution in [1.82, 2.24) is 0 Å². The number of aryl methyl sites for hydroxylation is 1. The lowest BCUT2D eigenvalue weighted by atomic mass is 10.1. The van der Waals surface area contributed by atoms with E-state index in [0.717, 1.165) is 24.3 Å². The lowest BCUT2D eigenvalue weighted by Crippen LogP contribution is -2.50. The third-order valence-electron chi connectivity index (χ3n) is 5.23. The molecule has 0 radical (unpaired) electrons. The van der Waals surface area contributed by atoms with Crippen molar-refractivity contribution in [3.8, 4) is 0 Å². The van der Waals surface area contributed by atoms with E-state index in [0.29, 0.717) is 5.75 Å². The van der Waals surface area contributed by atoms with E-state index in [-0.39, 0.29) is 17.2 Å². The highest BCUT2D eigenvalue weighted by molar-refractivity contribution is 7.85. The second-order valence-electron chi connectivity index (χ2n) is 8.29. The molecule has 1 aromatic rings. The van der Waals surface area contributed by atoms with Crippen molar-refractivity contribution in [2.45, 2.75) is 75.8 Å². The summed E-state index contributed by atoms with van der Waals surface area (Å²) in [5, 5.41) is 0.172. The Labute approximate surface area is 150 Å². The van der Waals surface area contributed by atoms with Crippen LogP contribution < -0.4 is 0 Å². The number of hydrogen-bond acceptors (Lipinski definition) is 3. The second-order valence-corrected chi connectivity index (χ2v) is 14.5. The molecule has 1 aliphatic rings. The fraction of sp³-hybridized carbons (Fsp3) is 0.684. The van der Waals surface area contributed by atoms with E-state index in [2.05, 4.69) is 33.9 Å². The Morgan fingerprint density at radius 1 is 1.25 bits per heavy atom. The summed E-state index contributed by atoms with van der Waals surface area (Å²) in [5.41, 5.74) is 1.18. The molecule has 1 fully saturated rings. The molecule has 136 valence electrons. The normalized spacial score (nSPS) is 23.9. The van der Waals surface area contributed by atoms with Crippen LogP contribution in [0, 0.1) is 6.92 Å². The SMILES string of the molecule is Cc1ccc(S(=O)C[C@@H]2OCCC[C@H]2O[Si](C)(C)C(C)(C)C)cc1. The fourth-order valence-corrected chi connectivity index (χ4v) is 5.21. The molecule has 0 aliphatic carbocycles. The maximum atomic E-state index is 12.7. The molecule has 0 spiro atoms.